The van der Waals surface area contributed by atoms with Gasteiger partial charge in [0.05, 0.1) is 27.4 Å². The standard InChI is InChI=1S/C33H30N2O8/c1-4-32-28(37)29(35-19-18-27(36)34-30(35)38)43-31(32,20-41-32)21-42-33(22-8-6-5-7-9-22,23-10-14-25(39-2)15-11-23)24-12-16-26(40-3)17-13-24/h1,5-19,28-29,37H,20-21H2,2-3H3,(H,34,36,38)/t28-,29+,31+,32-/m0/s1. The Balaban J connectivity index is 1.48. The van der Waals surface area contributed by atoms with E-state index in [0.717, 1.165) is 27.3 Å². The molecule has 1 aromatic heterocycles. The van der Waals surface area contributed by atoms with Crippen LogP contribution in [0.15, 0.2) is 101 Å². The van der Waals surface area contributed by atoms with Crippen LogP contribution in [-0.2, 0) is 19.8 Å². The molecule has 0 bridgehead atoms. The lowest BCUT2D eigenvalue weighted by molar-refractivity contribution is -0.291. The van der Waals surface area contributed by atoms with Gasteiger partial charge in [-0.05, 0) is 41.0 Å². The minimum absolute atomic E-state index is 0.00103. The number of ether oxygens (including phenoxy) is 5. The molecule has 0 radical (unpaired) electrons. The van der Waals surface area contributed by atoms with Crippen LogP contribution in [0.25, 0.3) is 0 Å². The Bertz CT molecular complexity index is 1710. The van der Waals surface area contributed by atoms with E-state index in [1.807, 2.05) is 78.9 Å². The fourth-order valence-corrected chi connectivity index (χ4v) is 5.94. The summed E-state index contributed by atoms with van der Waals surface area (Å²) < 4.78 is 31.2. The number of nitrogens with zero attached hydrogens (tertiary/aromatic N) is 1. The highest BCUT2D eigenvalue weighted by Gasteiger charge is 2.74. The summed E-state index contributed by atoms with van der Waals surface area (Å²) in [4.78, 5) is 26.5. The van der Waals surface area contributed by atoms with Gasteiger partial charge in [0.2, 0.25) is 0 Å². The summed E-state index contributed by atoms with van der Waals surface area (Å²) in [6.45, 7) is -0.130. The number of terminal acetylenes is 1. The summed E-state index contributed by atoms with van der Waals surface area (Å²) in [6, 6.07) is 26.0. The van der Waals surface area contributed by atoms with E-state index in [1.165, 1.54) is 6.20 Å². The summed E-state index contributed by atoms with van der Waals surface area (Å²) in [5, 5.41) is 11.4. The van der Waals surface area contributed by atoms with E-state index in [1.54, 1.807) is 14.2 Å². The first kappa shape index (κ1) is 28.5. The highest BCUT2D eigenvalue weighted by atomic mass is 16.7. The molecule has 2 saturated heterocycles. The van der Waals surface area contributed by atoms with Crippen LogP contribution in [0.4, 0.5) is 0 Å². The summed E-state index contributed by atoms with van der Waals surface area (Å²) in [6.07, 6.45) is 4.56. The summed E-state index contributed by atoms with van der Waals surface area (Å²) in [7, 11) is 3.20. The largest absolute Gasteiger partial charge is 0.497 e. The number of aromatic amines is 1. The number of aliphatic hydroxyl groups is 1. The Morgan fingerprint density at radius 1 is 0.953 bits per heavy atom. The van der Waals surface area contributed by atoms with E-state index in [4.69, 9.17) is 30.1 Å². The van der Waals surface area contributed by atoms with Gasteiger partial charge in [0.1, 0.15) is 23.2 Å². The van der Waals surface area contributed by atoms with Crippen LogP contribution in [0, 0.1) is 12.3 Å². The molecule has 0 spiro atoms. The van der Waals surface area contributed by atoms with Gasteiger partial charge in [-0.3, -0.25) is 14.3 Å². The molecule has 220 valence electrons. The van der Waals surface area contributed by atoms with Crippen molar-refractivity contribution in [3.63, 3.8) is 0 Å². The molecular weight excluding hydrogens is 552 g/mol. The van der Waals surface area contributed by atoms with Crippen LogP contribution >= 0.6 is 0 Å². The maximum Gasteiger partial charge on any atom is 0.330 e. The molecule has 4 atom stereocenters. The van der Waals surface area contributed by atoms with E-state index in [2.05, 4.69) is 10.9 Å². The smallest absolute Gasteiger partial charge is 0.330 e. The number of benzene rings is 3. The van der Waals surface area contributed by atoms with Crippen molar-refractivity contribution >= 4 is 0 Å². The number of nitrogens with one attached hydrogen (secondary N) is 1. The number of aromatic nitrogens is 2. The van der Waals surface area contributed by atoms with Gasteiger partial charge in [-0.15, -0.1) is 6.42 Å². The molecule has 43 heavy (non-hydrogen) atoms. The fraction of sp³-hybridized carbons (Fsp3) is 0.273. The van der Waals surface area contributed by atoms with Crippen molar-refractivity contribution in [3.05, 3.63) is 129 Å². The van der Waals surface area contributed by atoms with E-state index in [-0.39, 0.29) is 13.2 Å². The maximum atomic E-state index is 12.7. The predicted molar refractivity (Wildman–Crippen MR) is 156 cm³/mol. The van der Waals surface area contributed by atoms with Crippen molar-refractivity contribution in [2.45, 2.75) is 29.1 Å². The van der Waals surface area contributed by atoms with Crippen molar-refractivity contribution in [2.75, 3.05) is 27.4 Å². The van der Waals surface area contributed by atoms with Crippen molar-refractivity contribution in [3.8, 4) is 23.8 Å². The molecule has 4 aromatic rings. The zero-order valence-corrected chi connectivity index (χ0v) is 23.6. The second kappa shape index (κ2) is 10.9. The minimum Gasteiger partial charge on any atom is -0.497 e. The predicted octanol–water partition coefficient (Wildman–Crippen LogP) is 2.59. The molecule has 0 saturated carbocycles. The first-order chi connectivity index (χ1) is 20.8. The molecule has 0 aliphatic carbocycles. The van der Waals surface area contributed by atoms with Gasteiger partial charge in [0.25, 0.3) is 5.56 Å². The lowest BCUT2D eigenvalue weighted by Crippen LogP contribution is -2.71. The summed E-state index contributed by atoms with van der Waals surface area (Å²) in [5.74, 6) is 3.94. The molecule has 0 unspecified atom stereocenters. The first-order valence-corrected chi connectivity index (χ1v) is 13.6. The highest BCUT2D eigenvalue weighted by molar-refractivity contribution is 5.50. The van der Waals surface area contributed by atoms with Crippen LogP contribution in [0.5, 0.6) is 11.5 Å². The van der Waals surface area contributed by atoms with E-state index in [0.29, 0.717) is 11.5 Å². The normalized spacial score (nSPS) is 24.4. The third-order valence-corrected chi connectivity index (χ3v) is 8.28. The second-order valence-electron chi connectivity index (χ2n) is 10.4. The maximum absolute atomic E-state index is 12.7. The Morgan fingerprint density at radius 3 is 2.02 bits per heavy atom. The average Bonchev–Trinajstić information content (AvgIpc) is 3.19. The van der Waals surface area contributed by atoms with Crippen LogP contribution in [0.2, 0.25) is 0 Å². The van der Waals surface area contributed by atoms with Gasteiger partial charge < -0.3 is 28.8 Å². The van der Waals surface area contributed by atoms with Crippen LogP contribution in [0.3, 0.4) is 0 Å². The topological polar surface area (TPSA) is 121 Å². The molecule has 10 heteroatoms. The molecule has 2 aliphatic heterocycles. The van der Waals surface area contributed by atoms with Crippen molar-refractivity contribution in [2.24, 2.45) is 0 Å². The highest BCUT2D eigenvalue weighted by Crippen LogP contribution is 2.54. The Kier molecular flexibility index (Phi) is 7.20. The van der Waals surface area contributed by atoms with E-state index < -0.39 is 40.4 Å². The van der Waals surface area contributed by atoms with Gasteiger partial charge in [0, 0.05) is 12.3 Å². The zero-order chi connectivity index (χ0) is 30.2. The first-order valence-electron chi connectivity index (χ1n) is 13.6. The monoisotopic (exact) mass is 582 g/mol. The SMILES string of the molecule is C#C[C@@]12OC[C@]1(COC(c1ccccc1)(c1ccc(OC)cc1)c1ccc(OC)cc1)O[C@@H](n1ccc(=O)[nH]c1=O)[C@@H]2O. The van der Waals surface area contributed by atoms with Crippen molar-refractivity contribution in [1.29, 1.82) is 0 Å². The Hall–Kier alpha value is -4.66. The number of aliphatic hydroxyl groups excluding tert-OH is 1. The summed E-state index contributed by atoms with van der Waals surface area (Å²) in [5.41, 5.74) is -3.07. The molecule has 2 aliphatic rings. The van der Waals surface area contributed by atoms with E-state index >= 15 is 0 Å². The number of methoxy groups -OCH3 is 2. The molecule has 6 rings (SSSR count). The van der Waals surface area contributed by atoms with Gasteiger partial charge in [0.15, 0.2) is 17.4 Å². The quantitative estimate of drug-likeness (QED) is 0.228. The Morgan fingerprint density at radius 2 is 1.53 bits per heavy atom. The second-order valence-corrected chi connectivity index (χ2v) is 10.4. The van der Waals surface area contributed by atoms with E-state index in [9.17, 15) is 14.7 Å². The third-order valence-electron chi connectivity index (χ3n) is 8.28. The van der Waals surface area contributed by atoms with Gasteiger partial charge in [-0.1, -0.05) is 60.5 Å². The lowest BCUT2D eigenvalue weighted by atomic mass is 9.76. The Labute approximate surface area is 247 Å². The van der Waals surface area contributed by atoms with Gasteiger partial charge >= 0.3 is 5.69 Å². The number of fused-ring (bicyclic) bond motifs is 1. The van der Waals surface area contributed by atoms with Gasteiger partial charge in [-0.2, -0.15) is 0 Å². The lowest BCUT2D eigenvalue weighted by Gasteiger charge is -2.51. The zero-order valence-electron chi connectivity index (χ0n) is 23.6. The van der Waals surface area contributed by atoms with Crippen LogP contribution < -0.4 is 20.7 Å². The number of hydrogen-bond acceptors (Lipinski definition) is 8. The van der Waals surface area contributed by atoms with Crippen LogP contribution in [-0.4, -0.2) is 59.4 Å². The summed E-state index contributed by atoms with van der Waals surface area (Å²) >= 11 is 0. The average molecular weight is 583 g/mol. The molecule has 3 heterocycles. The number of H-pyrrole nitrogens is 1. The number of hydrogen-bond donors (Lipinski definition) is 2. The third kappa shape index (κ3) is 4.37. The van der Waals surface area contributed by atoms with Crippen molar-refractivity contribution < 1.29 is 28.8 Å². The molecular formula is C33H30N2O8. The van der Waals surface area contributed by atoms with Gasteiger partial charge in [-0.25, -0.2) is 4.79 Å². The van der Waals surface area contributed by atoms with Crippen LogP contribution in [0.1, 0.15) is 22.9 Å². The minimum atomic E-state index is -1.62. The molecule has 10 nitrogen and oxygen atoms in total. The molecule has 2 fully saturated rings. The molecule has 0 amide bonds. The molecule has 2 N–H and O–H groups in total. The van der Waals surface area contributed by atoms with Crippen molar-refractivity contribution in [1.82, 2.24) is 9.55 Å². The molecule has 3 aromatic carbocycles. The fourth-order valence-electron chi connectivity index (χ4n) is 5.94. The number of rotatable bonds is 9.